The highest BCUT2D eigenvalue weighted by molar-refractivity contribution is 8.15. The Morgan fingerprint density at radius 1 is 1.53 bits per heavy atom. The maximum Gasteiger partial charge on any atom is 0.329 e. The van der Waals surface area contributed by atoms with Crippen LogP contribution in [-0.2, 0) is 4.79 Å². The van der Waals surface area contributed by atoms with Gasteiger partial charge in [-0.05, 0) is 26.0 Å². The van der Waals surface area contributed by atoms with Crippen LogP contribution < -0.4 is 5.32 Å². The number of aliphatic imine (C=N–C) groups is 1. The average molecular weight is 301 g/mol. The number of carboxylic acids is 1. The number of aliphatic carboxylic acids is 1. The van der Waals surface area contributed by atoms with E-state index in [4.69, 9.17) is 16.7 Å². The van der Waals surface area contributed by atoms with E-state index in [0.29, 0.717) is 15.9 Å². The summed E-state index contributed by atoms with van der Waals surface area (Å²) in [5, 5.41) is 22.6. The number of aromatic hydroxyl groups is 1. The van der Waals surface area contributed by atoms with Crippen LogP contribution in [0.4, 0.5) is 5.69 Å². The van der Waals surface area contributed by atoms with Gasteiger partial charge in [0, 0.05) is 11.1 Å². The molecule has 0 aromatic heterocycles. The SMILES string of the molecule is CC1(C)SC(Nc2ccc(Cl)cc2O)=N[C@H]1C(=O)O. The predicted molar refractivity (Wildman–Crippen MR) is 77.3 cm³/mol. The molecule has 0 amide bonds. The molecule has 0 saturated heterocycles. The summed E-state index contributed by atoms with van der Waals surface area (Å²) in [6, 6.07) is 3.84. The third-order valence-corrected chi connectivity index (χ3v) is 4.09. The lowest BCUT2D eigenvalue weighted by Gasteiger charge is -2.20. The standard InChI is InChI=1S/C12H13ClN2O3S/c1-12(2)9(10(17)18)15-11(19-12)14-7-4-3-6(13)5-8(7)16/h3-5,9,16H,1-2H3,(H,14,15)(H,17,18)/t9-/m0/s1. The Labute approximate surface area is 119 Å². The number of rotatable bonds is 2. The number of carbonyl (C=O) groups is 1. The van der Waals surface area contributed by atoms with E-state index in [-0.39, 0.29) is 5.75 Å². The van der Waals surface area contributed by atoms with Crippen molar-refractivity contribution in [1.82, 2.24) is 0 Å². The molecule has 0 radical (unpaired) electrons. The molecule has 0 aliphatic carbocycles. The molecule has 7 heteroatoms. The van der Waals surface area contributed by atoms with Crippen molar-refractivity contribution in [3.8, 4) is 5.75 Å². The van der Waals surface area contributed by atoms with Crippen LogP contribution in [0.25, 0.3) is 0 Å². The van der Waals surface area contributed by atoms with Gasteiger partial charge in [0.05, 0.1) is 10.4 Å². The first kappa shape index (κ1) is 14.0. The molecule has 2 rings (SSSR count). The Bertz CT molecular complexity index is 560. The van der Waals surface area contributed by atoms with Crippen LogP contribution >= 0.6 is 23.4 Å². The van der Waals surface area contributed by atoms with Crippen molar-refractivity contribution in [2.45, 2.75) is 24.6 Å². The summed E-state index contributed by atoms with van der Waals surface area (Å²) in [7, 11) is 0. The number of carboxylic acid groups (broad SMARTS) is 1. The van der Waals surface area contributed by atoms with E-state index < -0.39 is 16.8 Å². The molecule has 0 unspecified atom stereocenters. The topological polar surface area (TPSA) is 81.9 Å². The van der Waals surface area contributed by atoms with E-state index in [0.717, 1.165) is 0 Å². The van der Waals surface area contributed by atoms with Gasteiger partial charge in [-0.25, -0.2) is 9.79 Å². The third kappa shape index (κ3) is 2.96. The van der Waals surface area contributed by atoms with Gasteiger partial charge in [0.2, 0.25) is 0 Å². The summed E-state index contributed by atoms with van der Waals surface area (Å²) >= 11 is 7.07. The Kier molecular flexibility index (Phi) is 3.64. The summed E-state index contributed by atoms with van der Waals surface area (Å²) in [6.07, 6.45) is 0. The highest BCUT2D eigenvalue weighted by Gasteiger charge is 2.42. The number of hydrogen-bond acceptors (Lipinski definition) is 5. The first-order chi connectivity index (χ1) is 8.79. The number of amidine groups is 1. The molecule has 19 heavy (non-hydrogen) atoms. The molecule has 102 valence electrons. The van der Waals surface area contributed by atoms with E-state index in [9.17, 15) is 9.90 Å². The maximum atomic E-state index is 11.1. The van der Waals surface area contributed by atoms with Crippen molar-refractivity contribution < 1.29 is 15.0 Å². The molecule has 3 N–H and O–H groups in total. The fourth-order valence-electron chi connectivity index (χ4n) is 1.74. The Morgan fingerprint density at radius 3 is 2.74 bits per heavy atom. The number of phenols is 1. The Morgan fingerprint density at radius 2 is 2.21 bits per heavy atom. The third-order valence-electron chi connectivity index (χ3n) is 2.70. The minimum Gasteiger partial charge on any atom is -0.506 e. The first-order valence-electron chi connectivity index (χ1n) is 5.55. The van der Waals surface area contributed by atoms with Gasteiger partial charge in [-0.1, -0.05) is 23.4 Å². The van der Waals surface area contributed by atoms with Crippen LogP contribution in [-0.4, -0.2) is 32.1 Å². The number of phenolic OH excluding ortho intramolecular Hbond substituents is 1. The molecule has 0 bridgehead atoms. The van der Waals surface area contributed by atoms with Gasteiger partial charge in [-0.15, -0.1) is 0 Å². The zero-order valence-corrected chi connectivity index (χ0v) is 11.9. The van der Waals surface area contributed by atoms with Crippen LogP contribution in [0.15, 0.2) is 23.2 Å². The van der Waals surface area contributed by atoms with Crippen molar-refractivity contribution in [3.63, 3.8) is 0 Å². The predicted octanol–water partition coefficient (Wildman–Crippen LogP) is 2.79. The van der Waals surface area contributed by atoms with Crippen molar-refractivity contribution in [2.75, 3.05) is 5.32 Å². The van der Waals surface area contributed by atoms with Gasteiger partial charge in [0.15, 0.2) is 11.2 Å². The fourth-order valence-corrected chi connectivity index (χ4v) is 2.99. The number of halogens is 1. The van der Waals surface area contributed by atoms with E-state index in [1.54, 1.807) is 12.1 Å². The summed E-state index contributed by atoms with van der Waals surface area (Å²) in [5.41, 5.74) is 0.442. The zero-order valence-electron chi connectivity index (χ0n) is 10.3. The van der Waals surface area contributed by atoms with Crippen molar-refractivity contribution >= 4 is 40.2 Å². The van der Waals surface area contributed by atoms with E-state index in [2.05, 4.69) is 10.3 Å². The molecule has 5 nitrogen and oxygen atoms in total. The second-order valence-electron chi connectivity index (χ2n) is 4.67. The minimum absolute atomic E-state index is 0.00705. The molecule has 1 aliphatic heterocycles. The minimum atomic E-state index is -0.963. The average Bonchev–Trinajstić information content (AvgIpc) is 2.58. The summed E-state index contributed by atoms with van der Waals surface area (Å²) in [5.74, 6) is -0.970. The number of nitrogens with one attached hydrogen (secondary N) is 1. The van der Waals surface area contributed by atoms with Crippen LogP contribution in [0.5, 0.6) is 5.75 Å². The maximum absolute atomic E-state index is 11.1. The lowest BCUT2D eigenvalue weighted by molar-refractivity contribution is -0.138. The van der Waals surface area contributed by atoms with Crippen LogP contribution in [0.1, 0.15) is 13.8 Å². The van der Waals surface area contributed by atoms with E-state index >= 15 is 0 Å². The molecule has 1 aromatic carbocycles. The summed E-state index contributed by atoms with van der Waals surface area (Å²) in [6.45, 7) is 3.63. The molecule has 0 spiro atoms. The summed E-state index contributed by atoms with van der Waals surface area (Å²) in [4.78, 5) is 15.2. The monoisotopic (exact) mass is 300 g/mol. The molecule has 1 aromatic rings. The fraction of sp³-hybridized carbons (Fsp3) is 0.333. The number of anilines is 1. The zero-order chi connectivity index (χ0) is 14.2. The normalized spacial score (nSPS) is 21.0. The molecular weight excluding hydrogens is 288 g/mol. The van der Waals surface area contributed by atoms with E-state index in [1.807, 2.05) is 13.8 Å². The van der Waals surface area contributed by atoms with Gasteiger partial charge in [-0.2, -0.15) is 0 Å². The van der Waals surface area contributed by atoms with Crippen LogP contribution in [0, 0.1) is 0 Å². The Balaban J connectivity index is 2.21. The largest absolute Gasteiger partial charge is 0.506 e. The highest BCUT2D eigenvalue weighted by Crippen LogP contribution is 2.39. The van der Waals surface area contributed by atoms with Gasteiger partial charge in [0.25, 0.3) is 0 Å². The van der Waals surface area contributed by atoms with E-state index in [1.165, 1.54) is 17.8 Å². The molecule has 0 fully saturated rings. The lowest BCUT2D eigenvalue weighted by atomic mass is 10.0. The molecular formula is C12H13ClN2O3S. The number of thioether (sulfide) groups is 1. The number of benzene rings is 1. The number of hydrogen-bond donors (Lipinski definition) is 3. The molecule has 1 aliphatic rings. The van der Waals surface area contributed by atoms with Gasteiger partial charge in [0.1, 0.15) is 5.75 Å². The molecule has 1 heterocycles. The number of nitrogens with zero attached hydrogens (tertiary/aromatic N) is 1. The smallest absolute Gasteiger partial charge is 0.329 e. The lowest BCUT2D eigenvalue weighted by Crippen LogP contribution is -2.34. The highest BCUT2D eigenvalue weighted by atomic mass is 35.5. The van der Waals surface area contributed by atoms with Gasteiger partial charge in [-0.3, -0.25) is 0 Å². The van der Waals surface area contributed by atoms with Crippen LogP contribution in [0.2, 0.25) is 5.02 Å². The Hall–Kier alpha value is -1.40. The van der Waals surface area contributed by atoms with Crippen molar-refractivity contribution in [3.05, 3.63) is 23.2 Å². The van der Waals surface area contributed by atoms with Gasteiger partial charge >= 0.3 is 5.97 Å². The second-order valence-corrected chi connectivity index (χ2v) is 6.75. The van der Waals surface area contributed by atoms with Crippen molar-refractivity contribution in [1.29, 1.82) is 0 Å². The summed E-state index contributed by atoms with van der Waals surface area (Å²) < 4.78 is -0.532. The molecule has 0 saturated carbocycles. The van der Waals surface area contributed by atoms with Crippen molar-refractivity contribution in [2.24, 2.45) is 4.99 Å². The molecule has 1 atom stereocenters. The second kappa shape index (κ2) is 4.94. The quantitative estimate of drug-likeness (QED) is 0.732. The van der Waals surface area contributed by atoms with Gasteiger partial charge < -0.3 is 15.5 Å². The first-order valence-corrected chi connectivity index (χ1v) is 6.74. The van der Waals surface area contributed by atoms with Crippen LogP contribution in [0.3, 0.4) is 0 Å².